The molecule has 0 aliphatic heterocycles. The van der Waals surface area contributed by atoms with E-state index in [4.69, 9.17) is 4.74 Å². The highest BCUT2D eigenvalue weighted by Gasteiger charge is 2.18. The zero-order valence-corrected chi connectivity index (χ0v) is 7.50. The number of carbonyl (C=O) groups excluding carboxylic acids is 1. The molecule has 0 saturated carbocycles. The van der Waals surface area contributed by atoms with Crippen molar-refractivity contribution < 1.29 is 14.3 Å². The van der Waals surface area contributed by atoms with Crippen LogP contribution in [0.2, 0.25) is 0 Å². The van der Waals surface area contributed by atoms with Crippen LogP contribution < -0.4 is 0 Å². The minimum absolute atomic E-state index is 0.159. The van der Waals surface area contributed by atoms with Gasteiger partial charge in [0, 0.05) is 0 Å². The maximum Gasteiger partial charge on any atom is 0.509 e. The van der Waals surface area contributed by atoms with Crippen LogP contribution in [0.25, 0.3) is 0 Å². The molecule has 0 atom stereocenters. The summed E-state index contributed by atoms with van der Waals surface area (Å²) >= 11 is 0. The monoisotopic (exact) mass is 170 g/mol. The second kappa shape index (κ2) is 4.59. The van der Waals surface area contributed by atoms with Crippen molar-refractivity contribution >= 4 is 6.16 Å². The van der Waals surface area contributed by atoms with Crippen LogP contribution in [-0.4, -0.2) is 18.4 Å². The molecule has 0 radical (unpaired) electrons. The largest absolute Gasteiger partial charge is 0.509 e. The van der Waals surface area contributed by atoms with Gasteiger partial charge in [-0.2, -0.15) is 0 Å². The van der Waals surface area contributed by atoms with Gasteiger partial charge in [0.05, 0.1) is 0 Å². The van der Waals surface area contributed by atoms with Gasteiger partial charge < -0.3 is 9.47 Å². The highest BCUT2D eigenvalue weighted by Crippen LogP contribution is 2.10. The van der Waals surface area contributed by atoms with E-state index in [1.54, 1.807) is 13.8 Å². The molecule has 0 aromatic heterocycles. The van der Waals surface area contributed by atoms with Crippen molar-refractivity contribution in [2.75, 3.05) is 6.61 Å². The Kier molecular flexibility index (Phi) is 4.11. The van der Waals surface area contributed by atoms with Crippen molar-refractivity contribution in [2.45, 2.75) is 19.4 Å². The van der Waals surface area contributed by atoms with Gasteiger partial charge in [-0.15, -0.1) is 0 Å². The third kappa shape index (κ3) is 4.55. The summed E-state index contributed by atoms with van der Waals surface area (Å²) in [6, 6.07) is 0. The molecule has 0 saturated heterocycles. The van der Waals surface area contributed by atoms with Crippen LogP contribution in [-0.2, 0) is 9.47 Å². The van der Waals surface area contributed by atoms with Crippen molar-refractivity contribution in [3.05, 3.63) is 25.3 Å². The quantitative estimate of drug-likeness (QED) is 0.479. The zero-order chi connectivity index (χ0) is 9.61. The number of hydrogen-bond donors (Lipinski definition) is 0. The van der Waals surface area contributed by atoms with Crippen LogP contribution in [0.3, 0.4) is 0 Å². The Bertz CT molecular complexity index is 182. The van der Waals surface area contributed by atoms with Crippen LogP contribution in [0.4, 0.5) is 4.79 Å². The van der Waals surface area contributed by atoms with E-state index in [1.165, 1.54) is 12.2 Å². The van der Waals surface area contributed by atoms with E-state index in [1.807, 2.05) is 0 Å². The Labute approximate surface area is 72.7 Å². The minimum atomic E-state index is -0.709. The normalized spacial score (nSPS) is 10.2. The number of ether oxygens (including phenoxy) is 2. The lowest BCUT2D eigenvalue weighted by atomic mass is 10.1. The van der Waals surface area contributed by atoms with E-state index in [-0.39, 0.29) is 6.61 Å². The summed E-state index contributed by atoms with van der Waals surface area (Å²) in [5.41, 5.74) is -0.682. The predicted octanol–water partition coefficient (Wildman–Crippen LogP) is 2.29. The highest BCUT2D eigenvalue weighted by atomic mass is 16.7. The van der Waals surface area contributed by atoms with Crippen LogP contribution >= 0.6 is 0 Å². The highest BCUT2D eigenvalue weighted by molar-refractivity contribution is 5.60. The van der Waals surface area contributed by atoms with Gasteiger partial charge in [0.1, 0.15) is 12.2 Å². The molecule has 0 unspecified atom stereocenters. The van der Waals surface area contributed by atoms with Crippen molar-refractivity contribution in [2.24, 2.45) is 0 Å². The fourth-order valence-electron chi connectivity index (χ4n) is 0.413. The Morgan fingerprint density at radius 3 is 2.50 bits per heavy atom. The Balaban J connectivity index is 3.83. The van der Waals surface area contributed by atoms with Crippen LogP contribution in [0.1, 0.15) is 13.8 Å². The molecule has 0 amide bonds. The van der Waals surface area contributed by atoms with Crippen molar-refractivity contribution in [1.82, 2.24) is 0 Å². The Morgan fingerprint density at radius 1 is 1.50 bits per heavy atom. The van der Waals surface area contributed by atoms with E-state index in [0.717, 1.165) is 0 Å². The van der Waals surface area contributed by atoms with Gasteiger partial charge in [-0.25, -0.2) is 4.79 Å². The summed E-state index contributed by atoms with van der Waals surface area (Å²) in [6.45, 7) is 10.5. The SMILES string of the molecule is C=CCOC(=O)OC(C)(C)C=C. The predicted molar refractivity (Wildman–Crippen MR) is 46.9 cm³/mol. The molecule has 0 aliphatic carbocycles. The average Bonchev–Trinajstić information content (AvgIpc) is 2.00. The van der Waals surface area contributed by atoms with E-state index in [0.29, 0.717) is 0 Å². The molecule has 0 N–H and O–H groups in total. The summed E-state index contributed by atoms with van der Waals surface area (Å²) < 4.78 is 9.46. The van der Waals surface area contributed by atoms with Gasteiger partial charge in [-0.05, 0) is 19.9 Å². The van der Waals surface area contributed by atoms with Crippen molar-refractivity contribution in [3.8, 4) is 0 Å². The maximum atomic E-state index is 10.8. The molecular weight excluding hydrogens is 156 g/mol. The van der Waals surface area contributed by atoms with E-state index in [2.05, 4.69) is 17.9 Å². The molecule has 0 spiro atoms. The lowest BCUT2D eigenvalue weighted by molar-refractivity contribution is 0.0113. The molecule has 3 nitrogen and oxygen atoms in total. The van der Waals surface area contributed by atoms with E-state index < -0.39 is 11.8 Å². The van der Waals surface area contributed by atoms with E-state index >= 15 is 0 Å². The fourth-order valence-corrected chi connectivity index (χ4v) is 0.413. The molecule has 68 valence electrons. The first-order chi connectivity index (χ1) is 5.52. The summed E-state index contributed by atoms with van der Waals surface area (Å²) in [6.07, 6.45) is 2.30. The van der Waals surface area contributed by atoms with E-state index in [9.17, 15) is 4.79 Å². The minimum Gasteiger partial charge on any atom is -0.430 e. The molecule has 3 heteroatoms. The van der Waals surface area contributed by atoms with Crippen LogP contribution in [0.15, 0.2) is 25.3 Å². The smallest absolute Gasteiger partial charge is 0.430 e. The first-order valence-corrected chi connectivity index (χ1v) is 3.62. The fraction of sp³-hybridized carbons (Fsp3) is 0.444. The lowest BCUT2D eigenvalue weighted by Crippen LogP contribution is -2.25. The van der Waals surface area contributed by atoms with Gasteiger partial charge in [0.25, 0.3) is 0 Å². The summed E-state index contributed by atoms with van der Waals surface area (Å²) in [5.74, 6) is 0. The van der Waals surface area contributed by atoms with Crippen LogP contribution in [0, 0.1) is 0 Å². The second-order valence-corrected chi connectivity index (χ2v) is 2.76. The van der Waals surface area contributed by atoms with Gasteiger partial charge in [0.15, 0.2) is 0 Å². The van der Waals surface area contributed by atoms with Crippen molar-refractivity contribution in [1.29, 1.82) is 0 Å². The number of hydrogen-bond acceptors (Lipinski definition) is 3. The van der Waals surface area contributed by atoms with Gasteiger partial charge >= 0.3 is 6.16 Å². The molecule has 12 heavy (non-hydrogen) atoms. The average molecular weight is 170 g/mol. The van der Waals surface area contributed by atoms with Gasteiger partial charge in [-0.1, -0.05) is 19.2 Å². The Morgan fingerprint density at radius 2 is 2.08 bits per heavy atom. The number of carbonyl (C=O) groups is 1. The first kappa shape index (κ1) is 10.8. The molecule has 0 rings (SSSR count). The topological polar surface area (TPSA) is 35.5 Å². The molecule has 0 bridgehead atoms. The standard InChI is InChI=1S/C9H14O3/c1-5-7-11-8(10)12-9(3,4)6-2/h5-6H,1-2,7H2,3-4H3. The third-order valence-corrected chi connectivity index (χ3v) is 1.16. The molecule has 0 aromatic carbocycles. The maximum absolute atomic E-state index is 10.8. The van der Waals surface area contributed by atoms with Crippen molar-refractivity contribution in [3.63, 3.8) is 0 Å². The Hall–Kier alpha value is -1.25. The molecule has 0 fully saturated rings. The molecule has 0 heterocycles. The first-order valence-electron chi connectivity index (χ1n) is 3.62. The second-order valence-electron chi connectivity index (χ2n) is 2.76. The summed E-state index contributed by atoms with van der Waals surface area (Å²) in [4.78, 5) is 10.8. The zero-order valence-electron chi connectivity index (χ0n) is 7.50. The summed E-state index contributed by atoms with van der Waals surface area (Å²) in [5, 5.41) is 0. The molecular formula is C9H14O3. The molecule has 0 aliphatic rings. The lowest BCUT2D eigenvalue weighted by Gasteiger charge is -2.19. The van der Waals surface area contributed by atoms with Gasteiger partial charge in [0.2, 0.25) is 0 Å². The van der Waals surface area contributed by atoms with Crippen LogP contribution in [0.5, 0.6) is 0 Å². The molecule has 0 aromatic rings. The van der Waals surface area contributed by atoms with Gasteiger partial charge in [-0.3, -0.25) is 0 Å². The number of rotatable bonds is 4. The summed E-state index contributed by atoms with van der Waals surface area (Å²) in [7, 11) is 0. The third-order valence-electron chi connectivity index (χ3n) is 1.16.